The Bertz CT molecular complexity index is 492. The van der Waals surface area contributed by atoms with Gasteiger partial charge in [0.25, 0.3) is 0 Å². The van der Waals surface area contributed by atoms with Crippen LogP contribution in [0.4, 0.5) is 8.78 Å². The molecule has 0 N–H and O–H groups in total. The Labute approximate surface area is 137 Å². The fourth-order valence-corrected chi connectivity index (χ4v) is 3.99. The van der Waals surface area contributed by atoms with Gasteiger partial charge in [-0.25, -0.2) is 8.78 Å². The Morgan fingerprint density at radius 1 is 1.04 bits per heavy atom. The van der Waals surface area contributed by atoms with Crippen LogP contribution in [0, 0.1) is 23.5 Å². The minimum absolute atomic E-state index is 0.149. The fourth-order valence-electron chi connectivity index (χ4n) is 3.99. The molecule has 1 aromatic rings. The van der Waals surface area contributed by atoms with Crippen LogP contribution in [0.3, 0.4) is 0 Å². The smallest absolute Gasteiger partial charge is 0.160 e. The number of halogens is 2. The molecule has 1 heterocycles. The summed E-state index contributed by atoms with van der Waals surface area (Å²) in [6.07, 6.45) is 6.12. The van der Waals surface area contributed by atoms with Gasteiger partial charge in [-0.2, -0.15) is 0 Å². The summed E-state index contributed by atoms with van der Waals surface area (Å²) in [6, 6.07) is 3.87. The van der Waals surface area contributed by atoms with Crippen LogP contribution in [0.25, 0.3) is 0 Å². The van der Waals surface area contributed by atoms with Crippen LogP contribution in [-0.2, 0) is 9.47 Å². The quantitative estimate of drug-likeness (QED) is 0.773. The van der Waals surface area contributed by atoms with Gasteiger partial charge in [0, 0.05) is 17.9 Å². The first-order valence-electron chi connectivity index (χ1n) is 8.85. The van der Waals surface area contributed by atoms with Gasteiger partial charge in [-0.1, -0.05) is 19.8 Å². The minimum Gasteiger partial charge on any atom is -0.352 e. The van der Waals surface area contributed by atoms with E-state index in [1.54, 1.807) is 0 Å². The Kier molecular flexibility index (Phi) is 5.65. The molecule has 2 fully saturated rings. The number of ether oxygens (including phenoxy) is 2. The van der Waals surface area contributed by atoms with E-state index in [0.717, 1.165) is 63.4 Å². The third kappa shape index (κ3) is 4.30. The second-order valence-corrected chi connectivity index (χ2v) is 7.02. The van der Waals surface area contributed by atoms with E-state index >= 15 is 0 Å². The summed E-state index contributed by atoms with van der Waals surface area (Å²) in [5.41, 5.74) is 0.770. The van der Waals surface area contributed by atoms with Crippen molar-refractivity contribution in [3.8, 4) is 0 Å². The van der Waals surface area contributed by atoms with Crippen LogP contribution in [-0.4, -0.2) is 19.5 Å². The molecule has 1 aliphatic carbocycles. The highest BCUT2D eigenvalue weighted by Gasteiger charge is 2.33. The predicted molar refractivity (Wildman–Crippen MR) is 85.1 cm³/mol. The van der Waals surface area contributed by atoms with E-state index in [9.17, 15) is 8.78 Å². The highest BCUT2D eigenvalue weighted by molar-refractivity contribution is 5.22. The highest BCUT2D eigenvalue weighted by atomic mass is 19.1. The van der Waals surface area contributed by atoms with Crippen molar-refractivity contribution in [1.29, 1.82) is 0 Å². The fraction of sp³-hybridized carbons (Fsp3) is 0.684. The molecule has 2 unspecified atom stereocenters. The average molecular weight is 324 g/mol. The number of benzene rings is 1. The Balaban J connectivity index is 1.60. The number of hydrogen-bond donors (Lipinski definition) is 0. The molecule has 128 valence electrons. The van der Waals surface area contributed by atoms with Crippen LogP contribution in [0.15, 0.2) is 18.2 Å². The van der Waals surface area contributed by atoms with Crippen LogP contribution >= 0.6 is 0 Å². The lowest BCUT2D eigenvalue weighted by Crippen LogP contribution is -2.38. The SMILES string of the molecule is CCCC1COC(C2CCCC(c3cc(F)cc(F)c3)C2)OC1. The average Bonchev–Trinajstić information content (AvgIpc) is 2.55. The van der Waals surface area contributed by atoms with E-state index in [1.807, 2.05) is 0 Å². The van der Waals surface area contributed by atoms with Gasteiger partial charge in [0.15, 0.2) is 6.29 Å². The minimum atomic E-state index is -0.491. The van der Waals surface area contributed by atoms with Crippen molar-refractivity contribution in [1.82, 2.24) is 0 Å². The molecule has 1 saturated heterocycles. The molecule has 3 rings (SSSR count). The zero-order valence-corrected chi connectivity index (χ0v) is 13.8. The third-order valence-corrected chi connectivity index (χ3v) is 5.15. The van der Waals surface area contributed by atoms with E-state index < -0.39 is 11.6 Å². The predicted octanol–water partition coefficient (Wildman–Crippen LogP) is 5.03. The molecule has 23 heavy (non-hydrogen) atoms. The summed E-state index contributed by atoms with van der Waals surface area (Å²) in [5.74, 6) is 0.0412. The van der Waals surface area contributed by atoms with Crippen molar-refractivity contribution < 1.29 is 18.3 Å². The van der Waals surface area contributed by atoms with Gasteiger partial charge < -0.3 is 9.47 Å². The molecule has 1 saturated carbocycles. The van der Waals surface area contributed by atoms with Gasteiger partial charge >= 0.3 is 0 Å². The summed E-state index contributed by atoms with van der Waals surface area (Å²) >= 11 is 0. The summed E-state index contributed by atoms with van der Waals surface area (Å²) in [6.45, 7) is 3.72. The van der Waals surface area contributed by atoms with Gasteiger partial charge in [-0.15, -0.1) is 0 Å². The Hall–Kier alpha value is -1.00. The second-order valence-electron chi connectivity index (χ2n) is 7.02. The van der Waals surface area contributed by atoms with Crippen LogP contribution in [0.1, 0.15) is 56.9 Å². The molecule has 2 aliphatic rings. The zero-order chi connectivity index (χ0) is 16.2. The highest BCUT2D eigenvalue weighted by Crippen LogP contribution is 2.40. The summed E-state index contributed by atoms with van der Waals surface area (Å²) in [5, 5.41) is 0. The molecule has 0 amide bonds. The van der Waals surface area contributed by atoms with Crippen molar-refractivity contribution in [3.63, 3.8) is 0 Å². The topological polar surface area (TPSA) is 18.5 Å². The maximum Gasteiger partial charge on any atom is 0.160 e. The summed E-state index contributed by atoms with van der Waals surface area (Å²) in [7, 11) is 0. The molecule has 1 aromatic carbocycles. The van der Waals surface area contributed by atoms with Gasteiger partial charge in [0.1, 0.15) is 11.6 Å². The first-order valence-corrected chi connectivity index (χ1v) is 8.85. The maximum atomic E-state index is 13.5. The van der Waals surface area contributed by atoms with Gasteiger partial charge in [0.2, 0.25) is 0 Å². The summed E-state index contributed by atoms with van der Waals surface area (Å²) < 4.78 is 38.8. The molecule has 4 heteroatoms. The molecule has 0 bridgehead atoms. The van der Waals surface area contributed by atoms with Crippen molar-refractivity contribution in [2.75, 3.05) is 13.2 Å². The zero-order valence-electron chi connectivity index (χ0n) is 13.8. The lowest BCUT2D eigenvalue weighted by Gasteiger charge is -2.38. The number of rotatable bonds is 4. The molecule has 0 radical (unpaired) electrons. The van der Waals surface area contributed by atoms with Crippen LogP contribution in [0.2, 0.25) is 0 Å². The molecule has 0 aromatic heterocycles. The largest absolute Gasteiger partial charge is 0.352 e. The van der Waals surface area contributed by atoms with Crippen molar-refractivity contribution >= 4 is 0 Å². The lowest BCUT2D eigenvalue weighted by atomic mass is 9.77. The van der Waals surface area contributed by atoms with Crippen molar-refractivity contribution in [2.24, 2.45) is 11.8 Å². The molecule has 1 aliphatic heterocycles. The van der Waals surface area contributed by atoms with Crippen LogP contribution < -0.4 is 0 Å². The van der Waals surface area contributed by atoms with Gasteiger partial charge in [-0.3, -0.25) is 0 Å². The monoisotopic (exact) mass is 324 g/mol. The lowest BCUT2D eigenvalue weighted by molar-refractivity contribution is -0.229. The molecule has 2 atom stereocenters. The molecule has 0 spiro atoms. The van der Waals surface area contributed by atoms with E-state index in [-0.39, 0.29) is 12.2 Å². The van der Waals surface area contributed by atoms with Crippen LogP contribution in [0.5, 0.6) is 0 Å². The van der Waals surface area contributed by atoms with Crippen molar-refractivity contribution in [3.05, 3.63) is 35.4 Å². The third-order valence-electron chi connectivity index (χ3n) is 5.15. The molecular weight excluding hydrogens is 298 g/mol. The maximum absolute atomic E-state index is 13.5. The van der Waals surface area contributed by atoms with Crippen molar-refractivity contribution in [2.45, 2.75) is 57.7 Å². The number of hydrogen-bond acceptors (Lipinski definition) is 2. The van der Waals surface area contributed by atoms with Gasteiger partial charge in [0.05, 0.1) is 13.2 Å². The second kappa shape index (κ2) is 7.71. The van der Waals surface area contributed by atoms with E-state index in [4.69, 9.17) is 9.47 Å². The first kappa shape index (κ1) is 16.8. The van der Waals surface area contributed by atoms with Gasteiger partial charge in [-0.05, 0) is 49.3 Å². The first-order chi connectivity index (χ1) is 11.2. The van der Waals surface area contributed by atoms with E-state index in [0.29, 0.717) is 11.8 Å². The standard InChI is InChI=1S/C19H26F2O2/c1-2-4-13-11-22-19(23-12-13)15-6-3-5-14(7-15)16-8-17(20)10-18(21)9-16/h8-10,13-15,19H,2-7,11-12H2,1H3. The van der Waals surface area contributed by atoms with E-state index in [1.165, 1.54) is 12.1 Å². The Morgan fingerprint density at radius 2 is 1.74 bits per heavy atom. The normalized spacial score (nSPS) is 32.0. The Morgan fingerprint density at radius 3 is 2.39 bits per heavy atom. The van der Waals surface area contributed by atoms with E-state index in [2.05, 4.69) is 6.92 Å². The molecule has 2 nitrogen and oxygen atoms in total. The summed E-state index contributed by atoms with van der Waals surface area (Å²) in [4.78, 5) is 0. The molecular formula is C19H26F2O2.